The first kappa shape index (κ1) is 24.9. The predicted octanol–water partition coefficient (Wildman–Crippen LogP) is 4.20. The Morgan fingerprint density at radius 3 is 2.25 bits per heavy atom. The van der Waals surface area contributed by atoms with Gasteiger partial charge in [-0.3, -0.25) is 9.59 Å². The van der Waals surface area contributed by atoms with Gasteiger partial charge in [0.2, 0.25) is 0 Å². The van der Waals surface area contributed by atoms with Crippen LogP contribution in [0.4, 0.5) is 0 Å². The van der Waals surface area contributed by atoms with E-state index in [-0.39, 0.29) is 24.4 Å². The second-order valence-electron chi connectivity index (χ2n) is 10.0. The van der Waals surface area contributed by atoms with Crippen LogP contribution >= 0.6 is 0 Å². The zero-order valence-corrected chi connectivity index (χ0v) is 20.3. The Morgan fingerprint density at radius 1 is 1.09 bits per heavy atom. The normalized spacial score (nSPS) is 32.0. The number of hydrogen-bond acceptors (Lipinski definition) is 6. The molecule has 1 aromatic carbocycles. The number of esters is 1. The molecule has 32 heavy (non-hydrogen) atoms. The Bertz CT molecular complexity index is 825. The summed E-state index contributed by atoms with van der Waals surface area (Å²) in [6, 6.07) is 6.09. The summed E-state index contributed by atoms with van der Waals surface area (Å²) in [4.78, 5) is 26.5. The molecule has 1 spiro atoms. The quantitative estimate of drug-likeness (QED) is 0.632. The van der Waals surface area contributed by atoms with Gasteiger partial charge in [-0.15, -0.1) is 0 Å². The van der Waals surface area contributed by atoms with Crippen molar-refractivity contribution in [2.75, 3.05) is 0 Å². The summed E-state index contributed by atoms with van der Waals surface area (Å²) in [6.45, 7) is 11.3. The Labute approximate surface area is 191 Å². The van der Waals surface area contributed by atoms with E-state index in [2.05, 4.69) is 0 Å². The highest BCUT2D eigenvalue weighted by molar-refractivity contribution is 5.88. The van der Waals surface area contributed by atoms with E-state index >= 15 is 0 Å². The van der Waals surface area contributed by atoms with Crippen LogP contribution in [0.25, 0.3) is 0 Å². The minimum Gasteiger partial charge on any atom is -0.459 e. The molecule has 1 saturated carbocycles. The van der Waals surface area contributed by atoms with Crippen molar-refractivity contribution in [1.29, 1.82) is 0 Å². The molecule has 1 heterocycles. The molecular weight excluding hydrogens is 408 g/mol. The lowest BCUT2D eigenvalue weighted by Gasteiger charge is -2.42. The van der Waals surface area contributed by atoms with Crippen LogP contribution in [0.2, 0.25) is 0 Å². The standard InChI is InChI=1S/C26H38O6/c1-16-7-8-17(2)22(13-16)14-23(28)15-25(24(29)30-19(4)18(3)27)9-11-26(12-10-25)31-20(5)21(6)32-26/h7-8,13,18-21,27H,9-12,14-15H2,1-6H3. The number of ketones is 1. The van der Waals surface area contributed by atoms with Crippen LogP contribution < -0.4 is 0 Å². The molecule has 1 saturated heterocycles. The number of Topliss-reactive ketones (excluding diaryl/α,β-unsaturated/α-hetero) is 1. The number of hydrogen-bond donors (Lipinski definition) is 1. The lowest BCUT2D eigenvalue weighted by atomic mass is 9.68. The molecule has 178 valence electrons. The van der Waals surface area contributed by atoms with Gasteiger partial charge in [-0.25, -0.2) is 0 Å². The molecule has 0 radical (unpaired) electrons. The number of aliphatic hydroxyl groups excluding tert-OH is 1. The van der Waals surface area contributed by atoms with Crippen molar-refractivity contribution in [3.8, 4) is 0 Å². The molecule has 1 N–H and O–H groups in total. The molecule has 0 bridgehead atoms. The smallest absolute Gasteiger partial charge is 0.312 e. The summed E-state index contributed by atoms with van der Waals surface area (Å²) in [6.07, 6.45) is 0.975. The van der Waals surface area contributed by atoms with E-state index in [9.17, 15) is 14.7 Å². The minimum atomic E-state index is -0.926. The van der Waals surface area contributed by atoms with Crippen LogP contribution in [0.3, 0.4) is 0 Å². The first-order valence-electron chi connectivity index (χ1n) is 11.8. The van der Waals surface area contributed by atoms with Crippen molar-refractivity contribution in [1.82, 2.24) is 0 Å². The third-order valence-corrected chi connectivity index (χ3v) is 7.26. The Morgan fingerprint density at radius 2 is 1.69 bits per heavy atom. The highest BCUT2D eigenvalue weighted by atomic mass is 16.8. The summed E-state index contributed by atoms with van der Waals surface area (Å²) in [7, 11) is 0. The van der Waals surface area contributed by atoms with Gasteiger partial charge in [-0.05, 0) is 65.5 Å². The van der Waals surface area contributed by atoms with Gasteiger partial charge < -0.3 is 19.3 Å². The summed E-state index contributed by atoms with van der Waals surface area (Å²) < 4.78 is 17.9. The zero-order chi connectivity index (χ0) is 23.7. The molecule has 0 amide bonds. The van der Waals surface area contributed by atoms with E-state index in [0.717, 1.165) is 16.7 Å². The average molecular weight is 447 g/mol. The van der Waals surface area contributed by atoms with Gasteiger partial charge in [-0.2, -0.15) is 0 Å². The first-order chi connectivity index (χ1) is 15.0. The molecule has 4 atom stereocenters. The van der Waals surface area contributed by atoms with Crippen LogP contribution in [0, 0.1) is 19.3 Å². The monoisotopic (exact) mass is 446 g/mol. The van der Waals surface area contributed by atoms with E-state index in [1.807, 2.05) is 45.9 Å². The maximum atomic E-state index is 13.3. The first-order valence-corrected chi connectivity index (χ1v) is 11.8. The molecule has 2 aliphatic rings. The lowest BCUT2D eigenvalue weighted by Crippen LogP contribution is -2.47. The molecule has 6 nitrogen and oxygen atoms in total. The maximum absolute atomic E-state index is 13.3. The van der Waals surface area contributed by atoms with Crippen molar-refractivity contribution in [3.63, 3.8) is 0 Å². The summed E-state index contributed by atoms with van der Waals surface area (Å²) in [5.41, 5.74) is 2.25. The third-order valence-electron chi connectivity index (χ3n) is 7.26. The third kappa shape index (κ3) is 5.41. The van der Waals surface area contributed by atoms with Crippen molar-refractivity contribution in [2.24, 2.45) is 5.41 Å². The van der Waals surface area contributed by atoms with Crippen LogP contribution in [-0.4, -0.2) is 47.1 Å². The molecule has 2 fully saturated rings. The summed E-state index contributed by atoms with van der Waals surface area (Å²) in [5.74, 6) is -1.07. The Kier molecular flexibility index (Phi) is 7.48. The van der Waals surface area contributed by atoms with Gasteiger partial charge in [-0.1, -0.05) is 23.8 Å². The molecule has 1 aliphatic heterocycles. The van der Waals surface area contributed by atoms with Crippen LogP contribution in [0.1, 0.15) is 76.5 Å². The molecule has 3 rings (SSSR count). The van der Waals surface area contributed by atoms with Gasteiger partial charge in [0.25, 0.3) is 0 Å². The topological polar surface area (TPSA) is 82.1 Å². The number of carbonyl (C=O) groups is 2. The molecule has 1 aromatic rings. The second kappa shape index (κ2) is 9.62. The zero-order valence-electron chi connectivity index (χ0n) is 20.3. The van der Waals surface area contributed by atoms with Crippen LogP contribution in [0.5, 0.6) is 0 Å². The van der Waals surface area contributed by atoms with E-state index in [1.54, 1.807) is 13.8 Å². The van der Waals surface area contributed by atoms with Crippen molar-refractivity contribution < 1.29 is 28.9 Å². The van der Waals surface area contributed by atoms with Crippen molar-refractivity contribution >= 4 is 11.8 Å². The fraction of sp³-hybridized carbons (Fsp3) is 0.692. The minimum absolute atomic E-state index is 0.00404. The van der Waals surface area contributed by atoms with Gasteiger partial charge in [0.05, 0.1) is 23.7 Å². The second-order valence-corrected chi connectivity index (χ2v) is 10.0. The van der Waals surface area contributed by atoms with E-state index in [0.29, 0.717) is 32.1 Å². The number of aliphatic hydroxyl groups is 1. The SMILES string of the molecule is Cc1ccc(C)c(CC(=O)CC2(C(=O)OC(C)C(C)O)CCC3(CC2)OC(C)C(C)O3)c1. The fourth-order valence-corrected chi connectivity index (χ4v) is 4.73. The number of rotatable bonds is 7. The highest BCUT2D eigenvalue weighted by Gasteiger charge is 2.54. The van der Waals surface area contributed by atoms with Gasteiger partial charge >= 0.3 is 5.97 Å². The molecule has 6 heteroatoms. The maximum Gasteiger partial charge on any atom is 0.312 e. The van der Waals surface area contributed by atoms with Crippen molar-refractivity contribution in [3.05, 3.63) is 34.9 Å². The Hall–Kier alpha value is -1.76. The van der Waals surface area contributed by atoms with Gasteiger partial charge in [0.1, 0.15) is 11.9 Å². The number of ether oxygens (including phenoxy) is 3. The molecule has 1 aliphatic carbocycles. The molecule has 0 aromatic heterocycles. The molecule has 4 unspecified atom stereocenters. The fourth-order valence-electron chi connectivity index (χ4n) is 4.73. The van der Waals surface area contributed by atoms with E-state index in [1.165, 1.54) is 0 Å². The predicted molar refractivity (Wildman–Crippen MR) is 121 cm³/mol. The summed E-state index contributed by atoms with van der Waals surface area (Å²) in [5, 5.41) is 9.83. The lowest BCUT2D eigenvalue weighted by molar-refractivity contribution is -0.213. The Balaban J connectivity index is 1.77. The molecular formula is C26H38O6. The van der Waals surface area contributed by atoms with E-state index < -0.39 is 29.4 Å². The number of benzene rings is 1. The number of carbonyl (C=O) groups excluding carboxylic acids is 2. The largest absolute Gasteiger partial charge is 0.459 e. The highest BCUT2D eigenvalue weighted by Crippen LogP contribution is 2.49. The van der Waals surface area contributed by atoms with E-state index in [4.69, 9.17) is 14.2 Å². The van der Waals surface area contributed by atoms with Gasteiger partial charge in [0.15, 0.2) is 5.79 Å². The average Bonchev–Trinajstić information content (AvgIpc) is 3.00. The van der Waals surface area contributed by atoms with Crippen molar-refractivity contribution in [2.45, 2.75) is 110 Å². The summed E-state index contributed by atoms with van der Waals surface area (Å²) >= 11 is 0. The van der Waals surface area contributed by atoms with Crippen LogP contribution in [0.15, 0.2) is 18.2 Å². The van der Waals surface area contributed by atoms with Gasteiger partial charge in [0, 0.05) is 25.7 Å². The number of aryl methyl sites for hydroxylation is 2. The van der Waals surface area contributed by atoms with Crippen LogP contribution in [-0.2, 0) is 30.2 Å².